The molecule has 1 aromatic rings. The van der Waals surface area contributed by atoms with Crippen LogP contribution in [0.2, 0.25) is 0 Å². The van der Waals surface area contributed by atoms with Crippen molar-refractivity contribution in [2.75, 3.05) is 7.05 Å². The fourth-order valence-electron chi connectivity index (χ4n) is 2.45. The van der Waals surface area contributed by atoms with Crippen molar-refractivity contribution in [3.8, 4) is 0 Å². The van der Waals surface area contributed by atoms with E-state index in [1.807, 2.05) is 44.2 Å². The highest BCUT2D eigenvalue weighted by Gasteiger charge is 2.26. The summed E-state index contributed by atoms with van der Waals surface area (Å²) < 4.78 is 0. The zero-order chi connectivity index (χ0) is 18.1. The van der Waals surface area contributed by atoms with E-state index in [4.69, 9.17) is 0 Å². The van der Waals surface area contributed by atoms with Crippen molar-refractivity contribution in [3.63, 3.8) is 0 Å². The van der Waals surface area contributed by atoms with Gasteiger partial charge in [0.15, 0.2) is 0 Å². The van der Waals surface area contributed by atoms with Crippen molar-refractivity contribution >= 4 is 17.7 Å². The highest BCUT2D eigenvalue weighted by Crippen LogP contribution is 2.07. The van der Waals surface area contributed by atoms with Crippen molar-refractivity contribution < 1.29 is 14.4 Å². The third-order valence-corrected chi connectivity index (χ3v) is 3.56. The van der Waals surface area contributed by atoms with Crippen LogP contribution in [0, 0.1) is 5.92 Å². The lowest BCUT2D eigenvalue weighted by Gasteiger charge is -2.23. The molecule has 2 unspecified atom stereocenters. The van der Waals surface area contributed by atoms with Crippen LogP contribution in [0.1, 0.15) is 32.8 Å². The van der Waals surface area contributed by atoms with Crippen LogP contribution in [0.3, 0.4) is 0 Å². The minimum absolute atomic E-state index is 0.238. The highest BCUT2D eigenvalue weighted by atomic mass is 16.2. The van der Waals surface area contributed by atoms with E-state index in [1.165, 1.54) is 14.0 Å². The lowest BCUT2D eigenvalue weighted by molar-refractivity contribution is -0.131. The van der Waals surface area contributed by atoms with Gasteiger partial charge in [0.05, 0.1) is 0 Å². The molecule has 6 heteroatoms. The first-order chi connectivity index (χ1) is 11.3. The summed E-state index contributed by atoms with van der Waals surface area (Å²) in [6.07, 6.45) is 0.901. The number of likely N-dealkylation sites (N-methyl/N-ethyl adjacent to an activating group) is 1. The fraction of sp³-hybridized carbons (Fsp3) is 0.500. The number of hydrogen-bond acceptors (Lipinski definition) is 3. The van der Waals surface area contributed by atoms with Gasteiger partial charge in [-0.05, 0) is 17.9 Å². The van der Waals surface area contributed by atoms with Crippen LogP contribution in [0.25, 0.3) is 0 Å². The molecule has 0 spiro atoms. The lowest BCUT2D eigenvalue weighted by atomic mass is 10.0. The molecule has 0 aliphatic rings. The van der Waals surface area contributed by atoms with Gasteiger partial charge in [-0.3, -0.25) is 14.4 Å². The Bertz CT molecular complexity index is 558. The van der Waals surface area contributed by atoms with E-state index in [9.17, 15) is 14.4 Å². The number of carbonyl (C=O) groups excluding carboxylic acids is 3. The van der Waals surface area contributed by atoms with Gasteiger partial charge in [0, 0.05) is 20.4 Å². The van der Waals surface area contributed by atoms with Crippen molar-refractivity contribution in [3.05, 3.63) is 35.9 Å². The topological polar surface area (TPSA) is 87.3 Å². The van der Waals surface area contributed by atoms with Crippen LogP contribution >= 0.6 is 0 Å². The van der Waals surface area contributed by atoms with Gasteiger partial charge in [0.1, 0.15) is 12.1 Å². The predicted octanol–water partition coefficient (Wildman–Crippen LogP) is 1.01. The molecule has 0 fully saturated rings. The first-order valence-electron chi connectivity index (χ1n) is 8.16. The van der Waals surface area contributed by atoms with Crippen LogP contribution < -0.4 is 16.0 Å². The molecule has 0 aliphatic carbocycles. The number of nitrogens with one attached hydrogen (secondary N) is 3. The smallest absolute Gasteiger partial charge is 0.243 e. The Balaban J connectivity index is 2.85. The molecule has 3 amide bonds. The summed E-state index contributed by atoms with van der Waals surface area (Å²) in [6.45, 7) is 5.34. The van der Waals surface area contributed by atoms with E-state index < -0.39 is 12.1 Å². The zero-order valence-electron chi connectivity index (χ0n) is 14.8. The number of hydrogen-bond donors (Lipinski definition) is 3. The van der Waals surface area contributed by atoms with Crippen molar-refractivity contribution in [1.29, 1.82) is 0 Å². The third kappa shape index (κ3) is 6.81. The Morgan fingerprint density at radius 1 is 0.958 bits per heavy atom. The number of benzene rings is 1. The van der Waals surface area contributed by atoms with Crippen LogP contribution in [0.4, 0.5) is 0 Å². The molecule has 0 aliphatic heterocycles. The van der Waals surface area contributed by atoms with Crippen LogP contribution in [0.5, 0.6) is 0 Å². The molecular formula is C18H27N3O3. The first kappa shape index (κ1) is 19.7. The minimum Gasteiger partial charge on any atom is -0.357 e. The van der Waals surface area contributed by atoms with Gasteiger partial charge in [0.25, 0.3) is 0 Å². The summed E-state index contributed by atoms with van der Waals surface area (Å²) in [4.78, 5) is 36.0. The maximum atomic E-state index is 12.6. The monoisotopic (exact) mass is 333 g/mol. The van der Waals surface area contributed by atoms with Crippen molar-refractivity contribution in [2.45, 2.75) is 45.7 Å². The molecule has 0 saturated carbocycles. The molecule has 3 N–H and O–H groups in total. The summed E-state index contributed by atoms with van der Waals surface area (Å²) >= 11 is 0. The largest absolute Gasteiger partial charge is 0.357 e. The molecule has 2 atom stereocenters. The second-order valence-corrected chi connectivity index (χ2v) is 6.25. The Morgan fingerprint density at radius 2 is 1.58 bits per heavy atom. The van der Waals surface area contributed by atoms with Gasteiger partial charge in [-0.15, -0.1) is 0 Å². The van der Waals surface area contributed by atoms with Gasteiger partial charge in [-0.1, -0.05) is 44.2 Å². The summed E-state index contributed by atoms with van der Waals surface area (Å²) in [7, 11) is 1.54. The van der Waals surface area contributed by atoms with E-state index >= 15 is 0 Å². The number of amides is 3. The van der Waals surface area contributed by atoms with Gasteiger partial charge in [-0.2, -0.15) is 0 Å². The molecule has 0 heterocycles. The molecule has 0 saturated heterocycles. The second kappa shape index (κ2) is 9.70. The standard InChI is InChI=1S/C18H27N3O3/c1-12(2)10-15(17(23)19-4)21-18(24)16(20-13(3)22)11-14-8-6-5-7-9-14/h5-9,12,15-16H,10-11H2,1-4H3,(H,19,23)(H,20,22)(H,21,24). The SMILES string of the molecule is CNC(=O)C(CC(C)C)NC(=O)C(Cc1ccccc1)NC(C)=O. The van der Waals surface area contributed by atoms with Gasteiger partial charge in [-0.25, -0.2) is 0 Å². The maximum Gasteiger partial charge on any atom is 0.243 e. The molecule has 1 rings (SSSR count). The van der Waals surface area contributed by atoms with E-state index in [0.717, 1.165) is 5.56 Å². The van der Waals surface area contributed by atoms with Gasteiger partial charge in [0.2, 0.25) is 17.7 Å². The summed E-state index contributed by atoms with van der Waals surface area (Å²) in [6, 6.07) is 8.10. The number of rotatable bonds is 8. The Labute approximate surface area is 143 Å². The first-order valence-corrected chi connectivity index (χ1v) is 8.16. The van der Waals surface area contributed by atoms with Crippen LogP contribution in [-0.4, -0.2) is 36.9 Å². The third-order valence-electron chi connectivity index (χ3n) is 3.56. The summed E-state index contributed by atoms with van der Waals surface area (Å²) in [5, 5.41) is 7.98. The van der Waals surface area contributed by atoms with Gasteiger partial charge >= 0.3 is 0 Å². The van der Waals surface area contributed by atoms with Crippen molar-refractivity contribution in [1.82, 2.24) is 16.0 Å². The van der Waals surface area contributed by atoms with E-state index in [-0.39, 0.29) is 23.6 Å². The Morgan fingerprint density at radius 3 is 2.08 bits per heavy atom. The maximum absolute atomic E-state index is 12.6. The molecule has 0 radical (unpaired) electrons. The fourth-order valence-corrected chi connectivity index (χ4v) is 2.45. The molecule has 0 aromatic heterocycles. The average Bonchev–Trinajstić information content (AvgIpc) is 2.53. The predicted molar refractivity (Wildman–Crippen MR) is 93.2 cm³/mol. The van der Waals surface area contributed by atoms with Crippen LogP contribution in [-0.2, 0) is 20.8 Å². The molecule has 1 aromatic carbocycles. The molecular weight excluding hydrogens is 306 g/mol. The molecule has 0 bridgehead atoms. The second-order valence-electron chi connectivity index (χ2n) is 6.25. The zero-order valence-corrected chi connectivity index (χ0v) is 14.8. The van der Waals surface area contributed by atoms with Gasteiger partial charge < -0.3 is 16.0 Å². The Hall–Kier alpha value is -2.37. The van der Waals surface area contributed by atoms with Crippen LogP contribution in [0.15, 0.2) is 30.3 Å². The lowest BCUT2D eigenvalue weighted by Crippen LogP contribution is -2.54. The average molecular weight is 333 g/mol. The number of carbonyl (C=O) groups is 3. The summed E-state index contributed by atoms with van der Waals surface area (Å²) in [5.74, 6) is -0.631. The van der Waals surface area contributed by atoms with Crippen molar-refractivity contribution in [2.24, 2.45) is 5.92 Å². The van der Waals surface area contributed by atoms with E-state index in [0.29, 0.717) is 12.8 Å². The minimum atomic E-state index is -0.718. The molecule has 132 valence electrons. The Kier molecular flexibility index (Phi) is 7.95. The molecule has 6 nitrogen and oxygen atoms in total. The highest BCUT2D eigenvalue weighted by molar-refractivity contribution is 5.91. The molecule has 24 heavy (non-hydrogen) atoms. The van der Waals surface area contributed by atoms with E-state index in [1.54, 1.807) is 0 Å². The normalized spacial score (nSPS) is 13.0. The summed E-state index contributed by atoms with van der Waals surface area (Å²) in [5.41, 5.74) is 0.937. The quantitative estimate of drug-likeness (QED) is 0.663. The van der Waals surface area contributed by atoms with E-state index in [2.05, 4.69) is 16.0 Å².